The summed E-state index contributed by atoms with van der Waals surface area (Å²) in [4.78, 5) is 12.4. The van der Waals surface area contributed by atoms with Gasteiger partial charge in [-0.2, -0.15) is 4.31 Å². The van der Waals surface area contributed by atoms with Gasteiger partial charge in [0.1, 0.15) is 5.75 Å². The maximum atomic E-state index is 12.6. The van der Waals surface area contributed by atoms with Gasteiger partial charge in [0.05, 0.1) is 23.0 Å². The van der Waals surface area contributed by atoms with Crippen LogP contribution in [0.5, 0.6) is 5.75 Å². The SMILES string of the molecule is CS(=O)(=O)c1ccc(OCC(=O)Nc2ccc(S(=O)(=O)N3CCOCC3)cc2)cc1. The van der Waals surface area contributed by atoms with Gasteiger partial charge in [-0.3, -0.25) is 4.79 Å². The van der Waals surface area contributed by atoms with Crippen LogP contribution in [-0.2, 0) is 29.4 Å². The molecule has 0 aliphatic carbocycles. The third-order valence-electron chi connectivity index (χ3n) is 4.37. The lowest BCUT2D eigenvalue weighted by atomic mass is 10.3. The lowest BCUT2D eigenvalue weighted by Crippen LogP contribution is -2.40. The fourth-order valence-corrected chi connectivity index (χ4v) is 4.81. The number of morpholine rings is 1. The highest BCUT2D eigenvalue weighted by Gasteiger charge is 2.26. The zero-order chi connectivity index (χ0) is 21.8. The van der Waals surface area contributed by atoms with Gasteiger partial charge in [-0.15, -0.1) is 0 Å². The summed E-state index contributed by atoms with van der Waals surface area (Å²) in [6.07, 6.45) is 1.10. The van der Waals surface area contributed by atoms with Gasteiger partial charge in [-0.25, -0.2) is 16.8 Å². The molecule has 9 nitrogen and oxygen atoms in total. The molecule has 1 heterocycles. The van der Waals surface area contributed by atoms with Crippen LogP contribution in [0.25, 0.3) is 0 Å². The highest BCUT2D eigenvalue weighted by atomic mass is 32.2. The molecule has 1 amide bonds. The smallest absolute Gasteiger partial charge is 0.262 e. The van der Waals surface area contributed by atoms with E-state index in [1.54, 1.807) is 0 Å². The average Bonchev–Trinajstić information content (AvgIpc) is 2.73. The number of carbonyl (C=O) groups is 1. The fraction of sp³-hybridized carbons (Fsp3) is 0.316. The van der Waals surface area contributed by atoms with E-state index in [1.807, 2.05) is 0 Å². The molecule has 0 unspecified atom stereocenters. The first kappa shape index (κ1) is 22.2. The van der Waals surface area contributed by atoms with Gasteiger partial charge in [0.2, 0.25) is 10.0 Å². The molecule has 1 N–H and O–H groups in total. The van der Waals surface area contributed by atoms with Gasteiger partial charge in [-0.05, 0) is 48.5 Å². The van der Waals surface area contributed by atoms with Crippen LogP contribution in [-0.4, -0.2) is 66.2 Å². The Labute approximate surface area is 175 Å². The number of nitrogens with zero attached hydrogens (tertiary/aromatic N) is 1. The highest BCUT2D eigenvalue weighted by Crippen LogP contribution is 2.20. The van der Waals surface area contributed by atoms with Crippen LogP contribution in [0.15, 0.2) is 58.3 Å². The van der Waals surface area contributed by atoms with Crippen molar-refractivity contribution in [2.45, 2.75) is 9.79 Å². The molecule has 1 fully saturated rings. The maximum absolute atomic E-state index is 12.6. The Bertz CT molecular complexity index is 1090. The molecule has 0 bridgehead atoms. The molecule has 0 spiro atoms. The molecule has 162 valence electrons. The van der Waals surface area contributed by atoms with Crippen molar-refractivity contribution in [3.05, 3.63) is 48.5 Å². The summed E-state index contributed by atoms with van der Waals surface area (Å²) in [6.45, 7) is 1.06. The zero-order valence-corrected chi connectivity index (χ0v) is 17.9. The summed E-state index contributed by atoms with van der Waals surface area (Å²) in [5.74, 6) is -0.0875. The molecule has 0 saturated carbocycles. The number of sulfone groups is 1. The molecule has 0 atom stereocenters. The normalized spacial score (nSPS) is 15.5. The molecule has 0 radical (unpaired) electrons. The van der Waals surface area contributed by atoms with E-state index in [9.17, 15) is 21.6 Å². The van der Waals surface area contributed by atoms with Gasteiger partial charge in [0, 0.05) is 25.0 Å². The summed E-state index contributed by atoms with van der Waals surface area (Å²) in [5, 5.41) is 2.62. The largest absolute Gasteiger partial charge is 0.484 e. The molecule has 1 saturated heterocycles. The quantitative estimate of drug-likeness (QED) is 0.666. The Hall–Kier alpha value is -2.47. The number of rotatable bonds is 7. The van der Waals surface area contributed by atoms with Gasteiger partial charge >= 0.3 is 0 Å². The fourth-order valence-electron chi connectivity index (χ4n) is 2.78. The standard InChI is InChI=1S/C19H22N2O7S2/c1-29(23,24)17-8-4-16(5-9-17)28-14-19(22)20-15-2-6-18(7-3-15)30(25,26)21-10-12-27-13-11-21/h2-9H,10-14H2,1H3,(H,20,22). The van der Waals surface area contributed by atoms with Crippen LogP contribution in [0.4, 0.5) is 5.69 Å². The van der Waals surface area contributed by atoms with Crippen molar-refractivity contribution >= 4 is 31.5 Å². The summed E-state index contributed by atoms with van der Waals surface area (Å²) < 4.78 is 59.9. The van der Waals surface area contributed by atoms with Crippen molar-refractivity contribution < 1.29 is 31.1 Å². The van der Waals surface area contributed by atoms with Crippen LogP contribution in [0.1, 0.15) is 0 Å². The Kier molecular flexibility index (Phi) is 6.76. The maximum Gasteiger partial charge on any atom is 0.262 e. The monoisotopic (exact) mass is 454 g/mol. The second-order valence-corrected chi connectivity index (χ2v) is 10.6. The van der Waals surface area contributed by atoms with E-state index in [2.05, 4.69) is 5.32 Å². The average molecular weight is 455 g/mol. The van der Waals surface area contributed by atoms with Gasteiger partial charge < -0.3 is 14.8 Å². The molecule has 2 aromatic rings. The Morgan fingerprint density at radius 2 is 1.53 bits per heavy atom. The predicted octanol–water partition coefficient (Wildman–Crippen LogP) is 1.13. The molecule has 11 heteroatoms. The minimum absolute atomic E-state index is 0.143. The first-order valence-corrected chi connectivity index (χ1v) is 12.4. The van der Waals surface area contributed by atoms with Gasteiger partial charge in [0.25, 0.3) is 5.91 Å². The summed E-state index contributed by atoms with van der Waals surface area (Å²) in [5.41, 5.74) is 0.428. The van der Waals surface area contributed by atoms with E-state index >= 15 is 0 Å². The Morgan fingerprint density at radius 1 is 0.967 bits per heavy atom. The number of hydrogen-bond acceptors (Lipinski definition) is 7. The molecular weight excluding hydrogens is 432 g/mol. The van der Waals surface area contributed by atoms with Gasteiger partial charge in [-0.1, -0.05) is 0 Å². The highest BCUT2D eigenvalue weighted by molar-refractivity contribution is 7.90. The topological polar surface area (TPSA) is 119 Å². The van der Waals surface area contributed by atoms with Crippen molar-refractivity contribution in [1.29, 1.82) is 0 Å². The van der Waals surface area contributed by atoms with Crippen LogP contribution in [0.3, 0.4) is 0 Å². The number of sulfonamides is 1. The Morgan fingerprint density at radius 3 is 2.10 bits per heavy atom. The Balaban J connectivity index is 1.55. The van der Waals surface area contributed by atoms with Crippen molar-refractivity contribution in [2.24, 2.45) is 0 Å². The molecule has 1 aliphatic heterocycles. The van der Waals surface area contributed by atoms with Gasteiger partial charge in [0.15, 0.2) is 16.4 Å². The van der Waals surface area contributed by atoms with E-state index in [4.69, 9.17) is 9.47 Å². The number of hydrogen-bond donors (Lipinski definition) is 1. The molecule has 2 aromatic carbocycles. The predicted molar refractivity (Wildman–Crippen MR) is 110 cm³/mol. The first-order valence-electron chi connectivity index (χ1n) is 9.07. The van der Waals surface area contributed by atoms with E-state index in [0.29, 0.717) is 37.7 Å². The van der Waals surface area contributed by atoms with Crippen molar-refractivity contribution in [3.63, 3.8) is 0 Å². The molecule has 0 aromatic heterocycles. The summed E-state index contributed by atoms with van der Waals surface area (Å²) in [7, 11) is -6.89. The third kappa shape index (κ3) is 5.57. The number of carbonyl (C=O) groups excluding carboxylic acids is 1. The van der Waals surface area contributed by atoms with E-state index in [1.165, 1.54) is 52.8 Å². The zero-order valence-electron chi connectivity index (χ0n) is 16.3. The second kappa shape index (κ2) is 9.13. The van der Waals surface area contributed by atoms with E-state index in [0.717, 1.165) is 6.26 Å². The molecule has 30 heavy (non-hydrogen) atoms. The van der Waals surface area contributed by atoms with E-state index in [-0.39, 0.29) is 16.4 Å². The summed E-state index contributed by atoms with van der Waals surface area (Å²) in [6, 6.07) is 11.6. The van der Waals surface area contributed by atoms with Crippen LogP contribution >= 0.6 is 0 Å². The minimum Gasteiger partial charge on any atom is -0.484 e. The number of benzene rings is 2. The molecular formula is C19H22N2O7S2. The van der Waals surface area contributed by atoms with Crippen LogP contribution < -0.4 is 10.1 Å². The van der Waals surface area contributed by atoms with Crippen molar-refractivity contribution in [2.75, 3.05) is 44.5 Å². The molecule has 1 aliphatic rings. The van der Waals surface area contributed by atoms with Crippen LogP contribution in [0.2, 0.25) is 0 Å². The lowest BCUT2D eigenvalue weighted by molar-refractivity contribution is -0.118. The van der Waals surface area contributed by atoms with Crippen molar-refractivity contribution in [1.82, 2.24) is 4.31 Å². The molecule has 3 rings (SSSR count). The number of ether oxygens (including phenoxy) is 2. The second-order valence-electron chi connectivity index (χ2n) is 6.62. The first-order chi connectivity index (χ1) is 14.2. The number of amides is 1. The summed E-state index contributed by atoms with van der Waals surface area (Å²) >= 11 is 0. The van der Waals surface area contributed by atoms with Crippen molar-refractivity contribution in [3.8, 4) is 5.75 Å². The van der Waals surface area contributed by atoms with Crippen LogP contribution in [0, 0.1) is 0 Å². The minimum atomic E-state index is -3.59. The van der Waals surface area contributed by atoms with E-state index < -0.39 is 25.8 Å². The number of anilines is 1. The number of nitrogens with one attached hydrogen (secondary N) is 1. The lowest BCUT2D eigenvalue weighted by Gasteiger charge is -2.26. The third-order valence-corrected chi connectivity index (χ3v) is 7.41.